The summed E-state index contributed by atoms with van der Waals surface area (Å²) < 4.78 is 5.38. The predicted molar refractivity (Wildman–Crippen MR) is 85.9 cm³/mol. The smallest absolute Gasteiger partial charge is 0.355 e. The molecule has 0 unspecified atom stereocenters. The van der Waals surface area contributed by atoms with E-state index in [2.05, 4.69) is 5.16 Å². The number of rotatable bonds is 3. The van der Waals surface area contributed by atoms with Crippen LogP contribution in [-0.2, 0) is 14.4 Å². The fourth-order valence-electron chi connectivity index (χ4n) is 2.66. The lowest BCUT2D eigenvalue weighted by Crippen LogP contribution is -2.32. The number of hydrogen-bond donors (Lipinski definition) is 0. The van der Waals surface area contributed by atoms with Gasteiger partial charge in [-0.15, -0.1) is 5.06 Å². The van der Waals surface area contributed by atoms with Crippen molar-refractivity contribution in [3.8, 4) is 11.3 Å². The van der Waals surface area contributed by atoms with Gasteiger partial charge in [0.15, 0.2) is 5.76 Å². The summed E-state index contributed by atoms with van der Waals surface area (Å²) in [6, 6.07) is 14.1. The largest absolute Gasteiger partial charge is 0.363 e. The second-order valence-electron chi connectivity index (χ2n) is 5.57. The standard InChI is InChI=1S/C18H12N2O5/c21-15-8-9-16(22)20(15)25-18(23)12-6-7-14-13(10-12)17(24-19-14)11-4-2-1-3-5-11/h1-7,10H,8-9H2. The van der Waals surface area contributed by atoms with E-state index in [4.69, 9.17) is 9.36 Å². The van der Waals surface area contributed by atoms with Gasteiger partial charge in [0.2, 0.25) is 0 Å². The summed E-state index contributed by atoms with van der Waals surface area (Å²) >= 11 is 0. The molecular formula is C18H12N2O5. The molecule has 124 valence electrons. The minimum absolute atomic E-state index is 0.0505. The molecule has 0 aliphatic carbocycles. The lowest BCUT2D eigenvalue weighted by atomic mass is 10.1. The molecule has 1 saturated heterocycles. The Balaban J connectivity index is 1.68. The molecule has 2 aromatic carbocycles. The lowest BCUT2D eigenvalue weighted by molar-refractivity contribution is -0.172. The topological polar surface area (TPSA) is 89.7 Å². The predicted octanol–water partition coefficient (Wildman–Crippen LogP) is 2.72. The fraction of sp³-hybridized carbons (Fsp3) is 0.111. The Morgan fingerprint density at radius 1 is 1.04 bits per heavy atom. The zero-order chi connectivity index (χ0) is 17.4. The van der Waals surface area contributed by atoms with Gasteiger partial charge in [-0.1, -0.05) is 35.5 Å². The molecule has 2 heterocycles. The SMILES string of the molecule is O=C(ON1C(=O)CCC1=O)c1ccc2noc(-c3ccccc3)c2c1. The maximum atomic E-state index is 12.3. The molecule has 7 heteroatoms. The number of amides is 2. The average molecular weight is 336 g/mol. The van der Waals surface area contributed by atoms with Crippen molar-refractivity contribution in [3.05, 3.63) is 54.1 Å². The van der Waals surface area contributed by atoms with E-state index in [1.807, 2.05) is 30.3 Å². The first-order chi connectivity index (χ1) is 12.1. The highest BCUT2D eigenvalue weighted by Crippen LogP contribution is 2.29. The molecule has 0 saturated carbocycles. The number of imide groups is 1. The quantitative estimate of drug-likeness (QED) is 0.683. The lowest BCUT2D eigenvalue weighted by Gasteiger charge is -2.12. The van der Waals surface area contributed by atoms with Crippen molar-refractivity contribution < 1.29 is 23.7 Å². The summed E-state index contributed by atoms with van der Waals surface area (Å²) in [5.41, 5.74) is 1.60. The van der Waals surface area contributed by atoms with E-state index in [9.17, 15) is 14.4 Å². The van der Waals surface area contributed by atoms with E-state index in [0.717, 1.165) is 5.56 Å². The number of hydrogen-bond acceptors (Lipinski definition) is 6. The van der Waals surface area contributed by atoms with Crippen molar-refractivity contribution in [2.75, 3.05) is 0 Å². The highest BCUT2D eigenvalue weighted by Gasteiger charge is 2.33. The zero-order valence-corrected chi connectivity index (χ0v) is 13.0. The number of nitrogens with zero attached hydrogens (tertiary/aromatic N) is 2. The van der Waals surface area contributed by atoms with Gasteiger partial charge in [-0.25, -0.2) is 4.79 Å². The number of aromatic nitrogens is 1. The summed E-state index contributed by atoms with van der Waals surface area (Å²) in [5, 5.41) is 5.14. The number of carbonyl (C=O) groups is 3. The Labute approximate surface area is 141 Å². The summed E-state index contributed by atoms with van der Waals surface area (Å²) in [5.74, 6) is -1.30. The molecule has 0 atom stereocenters. The van der Waals surface area contributed by atoms with E-state index in [1.165, 1.54) is 6.07 Å². The molecule has 25 heavy (non-hydrogen) atoms. The van der Waals surface area contributed by atoms with Gasteiger partial charge in [0.25, 0.3) is 11.8 Å². The first-order valence-electron chi connectivity index (χ1n) is 7.66. The summed E-state index contributed by atoms with van der Waals surface area (Å²) in [7, 11) is 0. The average Bonchev–Trinajstić information content (AvgIpc) is 3.20. The number of carbonyl (C=O) groups excluding carboxylic acids is 3. The van der Waals surface area contributed by atoms with Gasteiger partial charge in [-0.3, -0.25) is 9.59 Å². The summed E-state index contributed by atoms with van der Waals surface area (Å²) in [6.07, 6.45) is 0.101. The van der Waals surface area contributed by atoms with Crippen LogP contribution in [0, 0.1) is 0 Å². The molecular weight excluding hydrogens is 324 g/mol. The summed E-state index contributed by atoms with van der Waals surface area (Å²) in [4.78, 5) is 40.4. The van der Waals surface area contributed by atoms with Crippen molar-refractivity contribution in [2.45, 2.75) is 12.8 Å². The van der Waals surface area contributed by atoms with Crippen LogP contribution in [-0.4, -0.2) is 28.0 Å². The molecule has 0 radical (unpaired) electrons. The molecule has 7 nitrogen and oxygen atoms in total. The van der Waals surface area contributed by atoms with Crippen molar-refractivity contribution in [1.82, 2.24) is 10.2 Å². The fourth-order valence-corrected chi connectivity index (χ4v) is 2.66. The van der Waals surface area contributed by atoms with Gasteiger partial charge in [-0.2, -0.15) is 0 Å². The molecule has 3 aromatic rings. The van der Waals surface area contributed by atoms with E-state index < -0.39 is 17.8 Å². The highest BCUT2D eigenvalue weighted by molar-refractivity contribution is 6.04. The van der Waals surface area contributed by atoms with Crippen LogP contribution in [0.3, 0.4) is 0 Å². The first-order valence-corrected chi connectivity index (χ1v) is 7.66. The van der Waals surface area contributed by atoms with Crippen LogP contribution in [0.1, 0.15) is 23.2 Å². The Hall–Kier alpha value is -3.48. The van der Waals surface area contributed by atoms with Crippen LogP contribution in [0.2, 0.25) is 0 Å². The van der Waals surface area contributed by atoms with Crippen molar-refractivity contribution in [3.63, 3.8) is 0 Å². The maximum absolute atomic E-state index is 12.3. The first kappa shape index (κ1) is 15.1. The molecule has 4 rings (SSSR count). The van der Waals surface area contributed by atoms with Gasteiger partial charge in [-0.05, 0) is 18.2 Å². The van der Waals surface area contributed by atoms with E-state index >= 15 is 0 Å². The van der Waals surface area contributed by atoms with Gasteiger partial charge in [0.05, 0.1) is 10.9 Å². The van der Waals surface area contributed by atoms with Crippen LogP contribution in [0.5, 0.6) is 0 Å². The molecule has 1 aromatic heterocycles. The Morgan fingerprint density at radius 2 is 1.76 bits per heavy atom. The highest BCUT2D eigenvalue weighted by atomic mass is 16.7. The van der Waals surface area contributed by atoms with Gasteiger partial charge >= 0.3 is 5.97 Å². The van der Waals surface area contributed by atoms with Gasteiger partial charge < -0.3 is 9.36 Å². The number of fused-ring (bicyclic) bond motifs is 1. The monoisotopic (exact) mass is 336 g/mol. The molecule has 1 aliphatic heterocycles. The Bertz CT molecular complexity index is 977. The third-order valence-electron chi connectivity index (χ3n) is 3.93. The van der Waals surface area contributed by atoms with E-state index in [1.54, 1.807) is 12.1 Å². The minimum Gasteiger partial charge on any atom is -0.355 e. The zero-order valence-electron chi connectivity index (χ0n) is 13.0. The molecule has 0 spiro atoms. The van der Waals surface area contributed by atoms with Crippen molar-refractivity contribution in [2.24, 2.45) is 0 Å². The molecule has 0 bridgehead atoms. The van der Waals surface area contributed by atoms with Crippen LogP contribution >= 0.6 is 0 Å². The van der Waals surface area contributed by atoms with Gasteiger partial charge in [0, 0.05) is 18.4 Å². The Morgan fingerprint density at radius 3 is 2.48 bits per heavy atom. The minimum atomic E-state index is -0.786. The Kier molecular flexibility index (Phi) is 3.53. The molecule has 1 fully saturated rings. The third kappa shape index (κ3) is 2.65. The maximum Gasteiger partial charge on any atom is 0.363 e. The van der Waals surface area contributed by atoms with Gasteiger partial charge in [0.1, 0.15) is 5.52 Å². The van der Waals surface area contributed by atoms with E-state index in [-0.39, 0.29) is 18.4 Å². The van der Waals surface area contributed by atoms with Crippen molar-refractivity contribution >= 4 is 28.7 Å². The van der Waals surface area contributed by atoms with Crippen LogP contribution < -0.4 is 0 Å². The van der Waals surface area contributed by atoms with Crippen LogP contribution in [0.4, 0.5) is 0 Å². The molecule has 2 amide bonds. The van der Waals surface area contributed by atoms with Crippen LogP contribution in [0.25, 0.3) is 22.2 Å². The summed E-state index contributed by atoms with van der Waals surface area (Å²) in [6.45, 7) is 0. The number of benzene rings is 2. The molecule has 1 aliphatic rings. The number of hydroxylamine groups is 2. The normalized spacial score (nSPS) is 14.3. The molecule has 0 N–H and O–H groups in total. The third-order valence-corrected chi connectivity index (χ3v) is 3.93. The van der Waals surface area contributed by atoms with Crippen molar-refractivity contribution in [1.29, 1.82) is 0 Å². The van der Waals surface area contributed by atoms with Crippen LogP contribution in [0.15, 0.2) is 53.1 Å². The van der Waals surface area contributed by atoms with E-state index in [0.29, 0.717) is 21.7 Å². The second kappa shape index (κ2) is 5.86. The second-order valence-corrected chi connectivity index (χ2v) is 5.57.